The van der Waals surface area contributed by atoms with E-state index in [1.54, 1.807) is 11.4 Å². The minimum Gasteiger partial charge on any atom is -0.507 e. The molecule has 1 fully saturated rings. The third kappa shape index (κ3) is 2.91. The SMILES string of the molecule is CN1c2cc3c4c(cc(O)c3cc2NC(F)(F)C1(F)F)C1(CC(C)(C)CC(C)(C)C1)c1ccccc1-4. The highest BCUT2D eigenvalue weighted by Crippen LogP contribution is 2.65. The fraction of sp³-hybridized carbons (Fsp3) is 0.448. The van der Waals surface area contributed by atoms with Crippen LogP contribution in [-0.2, 0) is 5.41 Å². The third-order valence-electron chi connectivity index (χ3n) is 8.43. The molecule has 6 rings (SSSR count). The van der Waals surface area contributed by atoms with Gasteiger partial charge in [-0.05, 0) is 75.9 Å². The van der Waals surface area contributed by atoms with Crippen molar-refractivity contribution in [3.63, 3.8) is 0 Å². The van der Waals surface area contributed by atoms with Gasteiger partial charge in [0.25, 0.3) is 0 Å². The molecule has 0 bridgehead atoms. The lowest BCUT2D eigenvalue weighted by molar-refractivity contribution is -0.191. The lowest BCUT2D eigenvalue weighted by atomic mass is 9.52. The zero-order valence-electron chi connectivity index (χ0n) is 21.1. The minimum absolute atomic E-state index is 0.0334. The largest absolute Gasteiger partial charge is 0.507 e. The van der Waals surface area contributed by atoms with Gasteiger partial charge in [-0.1, -0.05) is 52.0 Å². The number of aromatic hydroxyl groups is 1. The van der Waals surface area contributed by atoms with E-state index in [4.69, 9.17) is 0 Å². The van der Waals surface area contributed by atoms with Gasteiger partial charge >= 0.3 is 12.1 Å². The summed E-state index contributed by atoms with van der Waals surface area (Å²) >= 11 is 0. The molecule has 0 aromatic heterocycles. The van der Waals surface area contributed by atoms with Crippen molar-refractivity contribution in [2.75, 3.05) is 17.3 Å². The van der Waals surface area contributed by atoms with Gasteiger partial charge in [0.15, 0.2) is 0 Å². The molecule has 190 valence electrons. The first-order chi connectivity index (χ1) is 16.6. The molecule has 2 aliphatic carbocycles. The van der Waals surface area contributed by atoms with Gasteiger partial charge in [0, 0.05) is 17.8 Å². The maximum absolute atomic E-state index is 14.6. The van der Waals surface area contributed by atoms with Crippen molar-refractivity contribution in [2.45, 2.75) is 64.5 Å². The molecular weight excluding hydrogens is 468 g/mol. The van der Waals surface area contributed by atoms with Crippen LogP contribution in [0.1, 0.15) is 58.1 Å². The number of hydrogen-bond donors (Lipinski definition) is 2. The number of hydrogen-bond acceptors (Lipinski definition) is 3. The maximum atomic E-state index is 14.6. The topological polar surface area (TPSA) is 35.5 Å². The first-order valence-corrected chi connectivity index (χ1v) is 12.3. The second-order valence-corrected chi connectivity index (χ2v) is 12.5. The zero-order valence-corrected chi connectivity index (χ0v) is 21.1. The number of alkyl halides is 4. The van der Waals surface area contributed by atoms with Gasteiger partial charge in [0.05, 0.1) is 11.4 Å². The lowest BCUT2D eigenvalue weighted by Crippen LogP contribution is -2.60. The summed E-state index contributed by atoms with van der Waals surface area (Å²) in [6.45, 7) is 9.10. The highest BCUT2D eigenvalue weighted by molar-refractivity contribution is 6.08. The first-order valence-electron chi connectivity index (χ1n) is 12.3. The normalized spacial score (nSPS) is 23.6. The Morgan fingerprint density at radius 3 is 2.14 bits per heavy atom. The van der Waals surface area contributed by atoms with E-state index < -0.39 is 12.1 Å². The van der Waals surface area contributed by atoms with Crippen molar-refractivity contribution in [3.05, 3.63) is 53.6 Å². The Kier molecular flexibility index (Phi) is 4.34. The van der Waals surface area contributed by atoms with E-state index in [1.807, 2.05) is 18.2 Å². The number of rotatable bonds is 0. The summed E-state index contributed by atoms with van der Waals surface area (Å²) in [7, 11) is 0.976. The van der Waals surface area contributed by atoms with Crippen LogP contribution in [-0.4, -0.2) is 24.2 Å². The number of likely N-dealkylation sites (N-methyl/N-ethyl adjacent to an activating group) is 1. The fourth-order valence-electron chi connectivity index (χ4n) is 7.85. The molecule has 0 saturated heterocycles. The van der Waals surface area contributed by atoms with Gasteiger partial charge in [-0.2, -0.15) is 17.6 Å². The van der Waals surface area contributed by atoms with Crippen LogP contribution in [0.5, 0.6) is 5.75 Å². The molecule has 0 unspecified atom stereocenters. The summed E-state index contributed by atoms with van der Waals surface area (Å²) in [4.78, 5) is 0.332. The molecule has 0 atom stereocenters. The van der Waals surface area contributed by atoms with Crippen molar-refractivity contribution in [3.8, 4) is 16.9 Å². The van der Waals surface area contributed by atoms with Crippen LogP contribution in [0.2, 0.25) is 0 Å². The van der Waals surface area contributed by atoms with E-state index in [2.05, 4.69) is 33.8 Å². The van der Waals surface area contributed by atoms with E-state index >= 15 is 0 Å². The zero-order chi connectivity index (χ0) is 26.1. The van der Waals surface area contributed by atoms with Crippen LogP contribution >= 0.6 is 0 Å². The quantitative estimate of drug-likeness (QED) is 0.243. The molecule has 0 amide bonds. The number of phenolic OH excluding ortho intramolecular Hbond substituents is 1. The number of phenols is 1. The molecule has 3 aliphatic rings. The van der Waals surface area contributed by atoms with E-state index in [0.29, 0.717) is 15.7 Å². The average Bonchev–Trinajstić information content (AvgIpc) is 2.98. The molecule has 3 aromatic carbocycles. The Hall–Kier alpha value is -2.96. The summed E-state index contributed by atoms with van der Waals surface area (Å²) < 4.78 is 57.6. The summed E-state index contributed by atoms with van der Waals surface area (Å²) in [5.41, 5.74) is 3.61. The second-order valence-electron chi connectivity index (χ2n) is 12.5. The standard InChI is InChI=1S/C29H30F4N2O/c1-25(2)13-26(3,4)15-27(14-25)19-9-7-6-8-16(19)24-18-11-22-21(10-17(18)23(36)12-20(24)27)34-28(30,31)29(32,33)35(22)5/h6-12,34,36H,13-15H2,1-5H3. The van der Waals surface area contributed by atoms with Crippen molar-refractivity contribution < 1.29 is 22.7 Å². The lowest BCUT2D eigenvalue weighted by Gasteiger charge is -2.51. The van der Waals surface area contributed by atoms with Crippen LogP contribution < -0.4 is 10.2 Å². The van der Waals surface area contributed by atoms with Gasteiger partial charge in [-0.3, -0.25) is 0 Å². The number of nitrogens with one attached hydrogen (secondary N) is 1. The van der Waals surface area contributed by atoms with Crippen LogP contribution in [0.3, 0.4) is 0 Å². The molecule has 1 saturated carbocycles. The molecule has 0 radical (unpaired) electrons. The third-order valence-corrected chi connectivity index (χ3v) is 8.43. The van der Waals surface area contributed by atoms with Crippen molar-refractivity contribution in [1.82, 2.24) is 0 Å². The summed E-state index contributed by atoms with van der Waals surface area (Å²) in [5.74, 6) is -0.0370. The van der Waals surface area contributed by atoms with Crippen LogP contribution in [0.15, 0.2) is 42.5 Å². The first kappa shape index (κ1) is 23.4. The summed E-state index contributed by atoms with van der Waals surface area (Å²) in [5, 5.41) is 13.9. The van der Waals surface area contributed by atoms with Crippen LogP contribution in [0.25, 0.3) is 21.9 Å². The molecular formula is C29H30F4N2O. The van der Waals surface area contributed by atoms with Crippen LogP contribution in [0, 0.1) is 10.8 Å². The van der Waals surface area contributed by atoms with Crippen molar-refractivity contribution >= 4 is 22.1 Å². The molecule has 7 heteroatoms. The Morgan fingerprint density at radius 1 is 0.833 bits per heavy atom. The second kappa shape index (κ2) is 6.67. The van der Waals surface area contributed by atoms with Crippen LogP contribution in [0.4, 0.5) is 28.9 Å². The Labute approximate surface area is 208 Å². The van der Waals surface area contributed by atoms with Crippen molar-refractivity contribution in [2.24, 2.45) is 10.8 Å². The average molecular weight is 499 g/mol. The number of nitrogens with zero attached hydrogens (tertiary/aromatic N) is 1. The number of anilines is 2. The smallest absolute Gasteiger partial charge is 0.408 e. The highest BCUT2D eigenvalue weighted by Gasteiger charge is 2.63. The molecule has 1 spiro atoms. The number of halogens is 4. The Morgan fingerprint density at radius 2 is 1.47 bits per heavy atom. The molecule has 3 nitrogen and oxygen atoms in total. The van der Waals surface area contributed by atoms with Gasteiger partial charge in [0.1, 0.15) is 5.75 Å². The summed E-state index contributed by atoms with van der Waals surface area (Å²) in [6.07, 6.45) is 2.83. The van der Waals surface area contributed by atoms with Gasteiger partial charge < -0.3 is 15.3 Å². The predicted octanol–water partition coefficient (Wildman–Crippen LogP) is 8.10. The number of fused-ring (bicyclic) bond motifs is 8. The maximum Gasteiger partial charge on any atom is 0.408 e. The fourth-order valence-corrected chi connectivity index (χ4v) is 7.85. The van der Waals surface area contributed by atoms with Gasteiger partial charge in [0.2, 0.25) is 0 Å². The minimum atomic E-state index is -4.45. The Bertz CT molecular complexity index is 1430. The molecule has 3 aromatic rings. The van der Waals surface area contributed by atoms with Gasteiger partial charge in [-0.25, -0.2) is 0 Å². The Balaban J connectivity index is 1.69. The highest BCUT2D eigenvalue weighted by atomic mass is 19.3. The monoisotopic (exact) mass is 498 g/mol. The van der Waals surface area contributed by atoms with E-state index in [1.165, 1.54) is 17.7 Å². The predicted molar refractivity (Wildman–Crippen MR) is 135 cm³/mol. The summed E-state index contributed by atoms with van der Waals surface area (Å²) in [6, 6.07) is 3.95. The molecule has 1 aliphatic heterocycles. The van der Waals surface area contributed by atoms with E-state index in [9.17, 15) is 22.7 Å². The molecule has 2 N–H and O–H groups in total. The van der Waals surface area contributed by atoms with E-state index in [-0.39, 0.29) is 33.4 Å². The molecule has 36 heavy (non-hydrogen) atoms. The molecule has 1 heterocycles. The van der Waals surface area contributed by atoms with Gasteiger partial charge in [-0.15, -0.1) is 0 Å². The van der Waals surface area contributed by atoms with E-state index in [0.717, 1.165) is 43.0 Å². The van der Waals surface area contributed by atoms with Crippen molar-refractivity contribution in [1.29, 1.82) is 0 Å². The number of benzene rings is 3.